The first-order valence-electron chi connectivity index (χ1n) is 9.80. The van der Waals surface area contributed by atoms with Gasteiger partial charge in [-0.15, -0.1) is 0 Å². The van der Waals surface area contributed by atoms with Gasteiger partial charge in [0.25, 0.3) is 0 Å². The van der Waals surface area contributed by atoms with E-state index in [0.717, 1.165) is 51.1 Å². The van der Waals surface area contributed by atoms with Crippen LogP contribution < -0.4 is 4.90 Å². The van der Waals surface area contributed by atoms with Crippen LogP contribution in [0.3, 0.4) is 0 Å². The van der Waals surface area contributed by atoms with Crippen molar-refractivity contribution < 1.29 is 4.79 Å². The van der Waals surface area contributed by atoms with Gasteiger partial charge in [0.05, 0.1) is 5.69 Å². The minimum Gasteiger partial charge on any atom is -0.312 e. The maximum absolute atomic E-state index is 12.9. The Kier molecular flexibility index (Phi) is 4.81. The van der Waals surface area contributed by atoms with Crippen molar-refractivity contribution in [2.45, 2.75) is 52.0 Å². The highest BCUT2D eigenvalue weighted by atomic mass is 16.2. The summed E-state index contributed by atoms with van der Waals surface area (Å²) in [5.41, 5.74) is 6.22. The van der Waals surface area contributed by atoms with Crippen molar-refractivity contribution in [2.75, 3.05) is 24.5 Å². The molecule has 4 rings (SSSR count). The number of rotatable bonds is 4. The number of aryl methyl sites for hydroxylation is 1. The Balaban J connectivity index is 1.39. The number of carbonyl (C=O) groups excluding carboxylic acids is 1. The molecule has 0 unspecified atom stereocenters. The third-order valence-corrected chi connectivity index (χ3v) is 5.64. The number of benzene rings is 1. The summed E-state index contributed by atoms with van der Waals surface area (Å²) in [5.74, 6) is 0.681. The van der Waals surface area contributed by atoms with Gasteiger partial charge in [0.2, 0.25) is 5.91 Å². The van der Waals surface area contributed by atoms with Gasteiger partial charge in [-0.05, 0) is 30.4 Å². The van der Waals surface area contributed by atoms with Crippen LogP contribution in [0.2, 0.25) is 0 Å². The molecule has 1 aromatic carbocycles. The first-order chi connectivity index (χ1) is 12.6. The summed E-state index contributed by atoms with van der Waals surface area (Å²) >= 11 is 0. The molecule has 2 aliphatic rings. The zero-order chi connectivity index (χ0) is 18.1. The number of anilines is 1. The molecule has 0 saturated heterocycles. The van der Waals surface area contributed by atoms with Gasteiger partial charge in [-0.2, -0.15) is 5.10 Å². The number of nitrogens with one attached hydrogen (secondary N) is 1. The van der Waals surface area contributed by atoms with Crippen LogP contribution in [0.15, 0.2) is 24.3 Å². The summed E-state index contributed by atoms with van der Waals surface area (Å²) < 4.78 is 0. The van der Waals surface area contributed by atoms with Gasteiger partial charge < -0.3 is 4.90 Å². The van der Waals surface area contributed by atoms with Crippen molar-refractivity contribution >= 4 is 11.6 Å². The molecule has 0 saturated carbocycles. The number of para-hydroxylation sites is 1. The van der Waals surface area contributed by atoms with Gasteiger partial charge in [-0.3, -0.25) is 14.8 Å². The molecule has 0 fully saturated rings. The van der Waals surface area contributed by atoms with Crippen molar-refractivity contribution in [2.24, 2.45) is 0 Å². The predicted molar refractivity (Wildman–Crippen MR) is 103 cm³/mol. The highest BCUT2D eigenvalue weighted by molar-refractivity contribution is 5.94. The summed E-state index contributed by atoms with van der Waals surface area (Å²) in [6, 6.07) is 8.32. The van der Waals surface area contributed by atoms with E-state index in [4.69, 9.17) is 0 Å². The lowest BCUT2D eigenvalue weighted by atomic mass is 9.99. The van der Waals surface area contributed by atoms with Crippen LogP contribution in [0, 0.1) is 0 Å². The third kappa shape index (κ3) is 3.28. The lowest BCUT2D eigenvalue weighted by Gasteiger charge is -2.31. The van der Waals surface area contributed by atoms with Gasteiger partial charge in [0.1, 0.15) is 0 Å². The molecule has 1 aromatic heterocycles. The zero-order valence-corrected chi connectivity index (χ0v) is 15.8. The summed E-state index contributed by atoms with van der Waals surface area (Å²) in [4.78, 5) is 17.2. The van der Waals surface area contributed by atoms with E-state index in [-0.39, 0.29) is 5.91 Å². The molecule has 2 aliphatic heterocycles. The molecule has 26 heavy (non-hydrogen) atoms. The molecule has 1 amide bonds. The molecule has 0 aliphatic carbocycles. The lowest BCUT2D eigenvalue weighted by Crippen LogP contribution is -2.39. The van der Waals surface area contributed by atoms with E-state index in [1.165, 1.54) is 22.5 Å². The van der Waals surface area contributed by atoms with Gasteiger partial charge in [0, 0.05) is 56.0 Å². The zero-order valence-electron chi connectivity index (χ0n) is 15.8. The molecule has 0 atom stereocenters. The topological polar surface area (TPSA) is 52.2 Å². The monoisotopic (exact) mass is 352 g/mol. The first kappa shape index (κ1) is 17.3. The first-order valence-corrected chi connectivity index (χ1v) is 9.80. The second-order valence-corrected chi connectivity index (χ2v) is 7.77. The van der Waals surface area contributed by atoms with E-state index >= 15 is 0 Å². The fourth-order valence-electron chi connectivity index (χ4n) is 4.22. The van der Waals surface area contributed by atoms with Crippen molar-refractivity contribution in [3.63, 3.8) is 0 Å². The van der Waals surface area contributed by atoms with Gasteiger partial charge >= 0.3 is 0 Å². The van der Waals surface area contributed by atoms with Crippen LogP contribution >= 0.6 is 0 Å². The minimum absolute atomic E-state index is 0.249. The van der Waals surface area contributed by atoms with Crippen molar-refractivity contribution in [1.29, 1.82) is 0 Å². The standard InChI is InChI=1S/C21H28N4O/c1-15(2)21-17-14-24(12-9-18(17)22-23-21)13-10-20(26)25-11-5-7-16-6-3-4-8-19(16)25/h3-4,6,8,15H,5,7,9-14H2,1-2H3,(H,22,23). The van der Waals surface area contributed by atoms with Gasteiger partial charge in [0.15, 0.2) is 0 Å². The van der Waals surface area contributed by atoms with E-state index < -0.39 is 0 Å². The second-order valence-electron chi connectivity index (χ2n) is 7.77. The van der Waals surface area contributed by atoms with Crippen LogP contribution in [0.25, 0.3) is 0 Å². The quantitative estimate of drug-likeness (QED) is 0.919. The lowest BCUT2D eigenvalue weighted by molar-refractivity contribution is -0.119. The van der Waals surface area contributed by atoms with Gasteiger partial charge in [-0.1, -0.05) is 32.0 Å². The van der Waals surface area contributed by atoms with E-state index in [1.807, 2.05) is 11.0 Å². The SMILES string of the molecule is CC(C)c1n[nH]c2c1CN(CCC(=O)N1CCCc3ccccc31)CC2. The third-order valence-electron chi connectivity index (χ3n) is 5.64. The fourth-order valence-corrected chi connectivity index (χ4v) is 4.22. The summed E-state index contributed by atoms with van der Waals surface area (Å²) in [7, 11) is 0. The minimum atomic E-state index is 0.249. The molecular formula is C21H28N4O. The highest BCUT2D eigenvalue weighted by Crippen LogP contribution is 2.28. The predicted octanol–water partition coefficient (Wildman–Crippen LogP) is 3.26. The molecule has 5 nitrogen and oxygen atoms in total. The van der Waals surface area contributed by atoms with Crippen molar-refractivity contribution in [1.82, 2.24) is 15.1 Å². The van der Waals surface area contributed by atoms with Crippen LogP contribution in [0.4, 0.5) is 5.69 Å². The number of aromatic nitrogens is 2. The second kappa shape index (κ2) is 7.23. The van der Waals surface area contributed by atoms with Crippen molar-refractivity contribution in [3.05, 3.63) is 46.8 Å². The Bertz CT molecular complexity index is 795. The normalized spacial score (nSPS) is 17.3. The van der Waals surface area contributed by atoms with Crippen LogP contribution in [0.5, 0.6) is 0 Å². The molecule has 0 spiro atoms. The molecule has 5 heteroatoms. The molecule has 0 bridgehead atoms. The molecule has 0 radical (unpaired) electrons. The van der Waals surface area contributed by atoms with Crippen LogP contribution in [0.1, 0.15) is 55.1 Å². The highest BCUT2D eigenvalue weighted by Gasteiger charge is 2.25. The van der Waals surface area contributed by atoms with Crippen molar-refractivity contribution in [3.8, 4) is 0 Å². The number of H-pyrrole nitrogens is 1. The van der Waals surface area contributed by atoms with Gasteiger partial charge in [-0.25, -0.2) is 0 Å². The number of fused-ring (bicyclic) bond motifs is 2. The smallest absolute Gasteiger partial charge is 0.228 e. The molecular weight excluding hydrogens is 324 g/mol. The molecule has 138 valence electrons. The average Bonchev–Trinajstić information content (AvgIpc) is 3.09. The van der Waals surface area contributed by atoms with E-state index in [2.05, 4.69) is 47.1 Å². The Labute approximate surface area is 155 Å². The van der Waals surface area contributed by atoms with E-state index in [0.29, 0.717) is 12.3 Å². The Morgan fingerprint density at radius 2 is 2.08 bits per heavy atom. The van der Waals surface area contributed by atoms with Crippen LogP contribution in [-0.4, -0.2) is 40.6 Å². The average molecular weight is 352 g/mol. The summed E-state index contributed by atoms with van der Waals surface area (Å²) in [6.07, 6.45) is 3.71. The maximum atomic E-state index is 12.9. The number of carbonyl (C=O) groups is 1. The summed E-state index contributed by atoms with van der Waals surface area (Å²) in [5, 5.41) is 7.70. The number of nitrogens with zero attached hydrogens (tertiary/aromatic N) is 3. The molecule has 1 N–H and O–H groups in total. The maximum Gasteiger partial charge on any atom is 0.228 e. The number of hydrogen-bond acceptors (Lipinski definition) is 3. The molecule has 2 aromatic rings. The summed E-state index contributed by atoms with van der Waals surface area (Å²) in [6.45, 7) is 7.94. The largest absolute Gasteiger partial charge is 0.312 e. The Morgan fingerprint density at radius 3 is 2.92 bits per heavy atom. The number of hydrogen-bond donors (Lipinski definition) is 1. The molecule has 3 heterocycles. The Hall–Kier alpha value is -2.14. The fraction of sp³-hybridized carbons (Fsp3) is 0.524. The number of aromatic amines is 1. The van der Waals surface area contributed by atoms with E-state index in [9.17, 15) is 4.79 Å². The van der Waals surface area contributed by atoms with E-state index in [1.54, 1.807) is 0 Å². The number of amides is 1. The van der Waals surface area contributed by atoms with Crippen LogP contribution in [-0.2, 0) is 24.2 Å². The Morgan fingerprint density at radius 1 is 1.23 bits per heavy atom.